The van der Waals surface area contributed by atoms with Crippen LogP contribution >= 0.6 is 0 Å². The molecule has 3 nitrogen and oxygen atoms in total. The smallest absolute Gasteiger partial charge is 0.306 e. The first-order chi connectivity index (χ1) is 21.3. The number of allylic oxidation sites excluding steroid dienone is 4. The zero-order valence-corrected chi connectivity index (χ0v) is 24.0. The van der Waals surface area contributed by atoms with E-state index in [1.165, 1.54) is 9.80 Å². The van der Waals surface area contributed by atoms with Crippen molar-refractivity contribution in [2.75, 3.05) is 9.80 Å². The number of aryl methyl sites for hydroxylation is 3. The Labute approximate surface area is 253 Å². The first kappa shape index (κ1) is 28.3. The third kappa shape index (κ3) is 4.86. The van der Waals surface area contributed by atoms with Gasteiger partial charge in [0, 0.05) is 17.1 Å². The van der Waals surface area contributed by atoms with Crippen LogP contribution in [0.3, 0.4) is 0 Å². The lowest BCUT2D eigenvalue weighted by Crippen LogP contribution is -2.28. The number of benzene rings is 3. The van der Waals surface area contributed by atoms with Gasteiger partial charge in [-0.2, -0.15) is 26.9 Å². The summed E-state index contributed by atoms with van der Waals surface area (Å²) in [5, 5.41) is 0. The number of para-hydroxylation sites is 3. The summed E-state index contributed by atoms with van der Waals surface area (Å²) in [5.41, 5.74) is 3.05. The lowest BCUT2D eigenvalue weighted by atomic mass is 9.97. The number of hydrogen-bond donors (Lipinski definition) is 0. The molecule has 44 heavy (non-hydrogen) atoms. The van der Waals surface area contributed by atoms with Crippen LogP contribution in [0.5, 0.6) is 0 Å². The molecule has 224 valence electrons. The number of pyridine rings is 1. The topological polar surface area (TPSA) is 19.4 Å². The van der Waals surface area contributed by atoms with E-state index in [9.17, 15) is 0 Å². The maximum Gasteiger partial charge on any atom is 0.422 e. The van der Waals surface area contributed by atoms with E-state index in [-0.39, 0.29) is 0 Å². The SMILES string of the molecule is Fc1nc(N2C3=C(C/C=C\CCC3)CCc3ccccc32)c(C(F)(F)F)c(N2c3ccccc3CCc3ccccc32)c1F. The highest BCUT2D eigenvalue weighted by Crippen LogP contribution is 2.53. The molecule has 1 aromatic heterocycles. The van der Waals surface area contributed by atoms with Crippen LogP contribution in [0, 0.1) is 11.8 Å². The highest BCUT2D eigenvalue weighted by atomic mass is 19.4. The molecule has 0 N–H and O–H groups in total. The van der Waals surface area contributed by atoms with Gasteiger partial charge in [-0.3, -0.25) is 4.90 Å². The minimum atomic E-state index is -5.08. The fraction of sp³-hybridized carbons (Fsp3) is 0.250. The second-order valence-corrected chi connectivity index (χ2v) is 11.4. The minimum Gasteiger partial charge on any atom is -0.306 e. The van der Waals surface area contributed by atoms with Crippen LogP contribution in [-0.2, 0) is 25.4 Å². The summed E-state index contributed by atoms with van der Waals surface area (Å²) in [6, 6.07) is 21.2. The number of fused-ring (bicyclic) bond motifs is 3. The van der Waals surface area contributed by atoms with E-state index in [4.69, 9.17) is 0 Å². The fourth-order valence-electron chi connectivity index (χ4n) is 6.82. The van der Waals surface area contributed by atoms with Crippen LogP contribution in [0.15, 0.2) is 96.2 Å². The van der Waals surface area contributed by atoms with E-state index in [1.54, 1.807) is 48.5 Å². The van der Waals surface area contributed by atoms with Crippen molar-refractivity contribution < 1.29 is 22.0 Å². The Balaban J connectivity index is 1.59. The molecule has 0 saturated carbocycles. The molecule has 0 atom stereocenters. The molecule has 0 fully saturated rings. The van der Waals surface area contributed by atoms with E-state index in [2.05, 4.69) is 11.1 Å². The molecule has 0 bridgehead atoms. The summed E-state index contributed by atoms with van der Waals surface area (Å²) in [6.45, 7) is 0. The highest BCUT2D eigenvalue weighted by Gasteiger charge is 2.45. The first-order valence-corrected chi connectivity index (χ1v) is 15.0. The Bertz CT molecular complexity index is 1760. The van der Waals surface area contributed by atoms with Gasteiger partial charge in [-0.1, -0.05) is 66.7 Å². The summed E-state index contributed by atoms with van der Waals surface area (Å²) < 4.78 is 79.0. The number of alkyl halides is 3. The van der Waals surface area contributed by atoms with Crippen LogP contribution in [-0.4, -0.2) is 4.98 Å². The van der Waals surface area contributed by atoms with Gasteiger partial charge in [0.1, 0.15) is 11.3 Å². The van der Waals surface area contributed by atoms with Crippen molar-refractivity contribution in [3.8, 4) is 0 Å². The predicted octanol–water partition coefficient (Wildman–Crippen LogP) is 10.4. The summed E-state index contributed by atoms with van der Waals surface area (Å²) in [5.74, 6) is -3.85. The summed E-state index contributed by atoms with van der Waals surface area (Å²) in [7, 11) is 0. The van der Waals surface area contributed by atoms with Gasteiger partial charge in [0.25, 0.3) is 5.95 Å². The van der Waals surface area contributed by atoms with Crippen LogP contribution in [0.4, 0.5) is 50.5 Å². The van der Waals surface area contributed by atoms with Gasteiger partial charge in [-0.05, 0) is 91.8 Å². The Kier molecular flexibility index (Phi) is 7.23. The average molecular weight is 600 g/mol. The Morgan fingerprint density at radius 1 is 0.636 bits per heavy atom. The molecule has 0 amide bonds. The fourth-order valence-corrected chi connectivity index (χ4v) is 6.82. The molecule has 0 unspecified atom stereocenters. The van der Waals surface area contributed by atoms with E-state index >= 15 is 22.0 Å². The van der Waals surface area contributed by atoms with Gasteiger partial charge in [0.15, 0.2) is 5.82 Å². The van der Waals surface area contributed by atoms with Crippen molar-refractivity contribution in [3.05, 3.63) is 130 Å². The number of anilines is 5. The highest BCUT2D eigenvalue weighted by molar-refractivity contribution is 5.87. The Morgan fingerprint density at radius 2 is 1.18 bits per heavy atom. The molecule has 1 aliphatic carbocycles. The van der Waals surface area contributed by atoms with E-state index in [0.29, 0.717) is 67.7 Å². The molecule has 0 spiro atoms. The third-order valence-corrected chi connectivity index (χ3v) is 8.82. The number of nitrogens with zero attached hydrogens (tertiary/aromatic N) is 3. The Hall–Kier alpha value is -4.46. The lowest BCUT2D eigenvalue weighted by molar-refractivity contribution is -0.136. The largest absolute Gasteiger partial charge is 0.422 e. The van der Waals surface area contributed by atoms with Crippen LogP contribution in [0.1, 0.15) is 54.4 Å². The number of halogens is 5. The van der Waals surface area contributed by atoms with Crippen molar-refractivity contribution in [1.82, 2.24) is 4.98 Å². The monoisotopic (exact) mass is 599 g/mol. The second kappa shape index (κ2) is 11.2. The van der Waals surface area contributed by atoms with Gasteiger partial charge in [-0.15, -0.1) is 0 Å². The van der Waals surface area contributed by atoms with E-state index in [0.717, 1.165) is 28.7 Å². The molecule has 2 aliphatic heterocycles. The van der Waals surface area contributed by atoms with Crippen LogP contribution in [0.25, 0.3) is 0 Å². The molecule has 7 rings (SSSR count). The molecule has 3 aliphatic rings. The lowest BCUT2D eigenvalue weighted by Gasteiger charge is -2.35. The summed E-state index contributed by atoms with van der Waals surface area (Å²) in [4.78, 5) is 6.55. The van der Waals surface area contributed by atoms with Crippen LogP contribution in [0.2, 0.25) is 0 Å². The van der Waals surface area contributed by atoms with Gasteiger partial charge in [0.2, 0.25) is 5.82 Å². The zero-order chi connectivity index (χ0) is 30.4. The van der Waals surface area contributed by atoms with Crippen molar-refractivity contribution in [2.45, 2.75) is 57.5 Å². The number of aromatic nitrogens is 1. The molecule has 3 heterocycles. The molecular formula is C36H30F5N3. The first-order valence-electron chi connectivity index (χ1n) is 15.0. The number of rotatable bonds is 2. The van der Waals surface area contributed by atoms with Gasteiger partial charge < -0.3 is 4.90 Å². The predicted molar refractivity (Wildman–Crippen MR) is 163 cm³/mol. The van der Waals surface area contributed by atoms with E-state index < -0.39 is 35.0 Å². The molecule has 0 radical (unpaired) electrons. The maximum absolute atomic E-state index is 16.3. The standard InChI is InChI=1S/C36H30F5N3/c37-32-33(43-27-16-8-5-12-23(27)19-20-24-13-6-9-17-28(24)43)31(36(39,40)41)35(42-34(32)38)44-29-15-4-2-1-3-11-25(29)21-22-26-14-7-10-18-30(26)44/h1,3,5-10,12-14,16-18H,2,4,11,15,19-22H2/b3-1-. The van der Waals surface area contributed by atoms with Crippen molar-refractivity contribution in [3.63, 3.8) is 0 Å². The zero-order valence-electron chi connectivity index (χ0n) is 24.0. The van der Waals surface area contributed by atoms with Gasteiger partial charge in [0.05, 0.1) is 5.69 Å². The molecule has 8 heteroatoms. The second-order valence-electron chi connectivity index (χ2n) is 11.4. The van der Waals surface area contributed by atoms with E-state index in [1.807, 2.05) is 30.3 Å². The minimum absolute atomic E-state index is 0.380. The average Bonchev–Trinajstić information content (AvgIpc) is 3.25. The summed E-state index contributed by atoms with van der Waals surface area (Å²) >= 11 is 0. The van der Waals surface area contributed by atoms with Crippen molar-refractivity contribution in [2.24, 2.45) is 0 Å². The Morgan fingerprint density at radius 3 is 1.77 bits per heavy atom. The molecule has 4 aromatic rings. The van der Waals surface area contributed by atoms with Gasteiger partial charge >= 0.3 is 6.18 Å². The van der Waals surface area contributed by atoms with Crippen molar-refractivity contribution >= 4 is 28.6 Å². The molecular weight excluding hydrogens is 569 g/mol. The molecule has 0 saturated heterocycles. The normalized spacial score (nSPS) is 17.4. The van der Waals surface area contributed by atoms with Crippen LogP contribution < -0.4 is 9.80 Å². The quantitative estimate of drug-likeness (QED) is 0.130. The number of hydrogen-bond acceptors (Lipinski definition) is 3. The van der Waals surface area contributed by atoms with Gasteiger partial charge in [-0.25, -0.2) is 0 Å². The third-order valence-electron chi connectivity index (χ3n) is 8.82. The summed E-state index contributed by atoms with van der Waals surface area (Å²) in [6.07, 6.45) is 3.94. The maximum atomic E-state index is 16.3. The van der Waals surface area contributed by atoms with Crippen molar-refractivity contribution in [1.29, 1.82) is 0 Å². The molecule has 3 aromatic carbocycles.